The summed E-state index contributed by atoms with van der Waals surface area (Å²) in [5.41, 5.74) is 5.68. The summed E-state index contributed by atoms with van der Waals surface area (Å²) in [7, 11) is 0. The van der Waals surface area contributed by atoms with E-state index >= 15 is 0 Å². The highest BCUT2D eigenvalue weighted by Gasteiger charge is 2.40. The Labute approximate surface area is 210 Å². The van der Waals surface area contributed by atoms with Crippen molar-refractivity contribution in [2.24, 2.45) is 20.0 Å². The van der Waals surface area contributed by atoms with E-state index in [1.54, 1.807) is 0 Å². The number of amidine groups is 4. The molecular formula is C26H32N10. The van der Waals surface area contributed by atoms with Crippen LogP contribution in [0, 0.1) is 0 Å². The second-order valence-electron chi connectivity index (χ2n) is 10.3. The van der Waals surface area contributed by atoms with Crippen molar-refractivity contribution in [2.75, 3.05) is 63.0 Å². The van der Waals surface area contributed by atoms with E-state index < -0.39 is 11.1 Å². The second kappa shape index (κ2) is 7.84. The van der Waals surface area contributed by atoms with Gasteiger partial charge >= 0.3 is 0 Å². The number of nitrogens with zero attached hydrogens (tertiary/aromatic N) is 4. The van der Waals surface area contributed by atoms with E-state index in [2.05, 4.69) is 70.0 Å². The average molecular weight is 485 g/mol. The van der Waals surface area contributed by atoms with Crippen LogP contribution < -0.4 is 31.9 Å². The molecule has 2 atom stereocenters. The van der Waals surface area contributed by atoms with E-state index in [9.17, 15) is 0 Å². The van der Waals surface area contributed by atoms with Gasteiger partial charge < -0.3 is 31.9 Å². The SMILES string of the molecule is CC1(C2=NCCN2)C=C(C2=NCCN2)c2cc3c(cc2N1)C(C1=NCCN1)=CC(C)(C1=NCCN1)N3. The molecule has 10 heteroatoms. The number of rotatable bonds is 4. The molecule has 0 fully saturated rings. The average Bonchev–Trinajstić information content (AvgIpc) is 3.70. The van der Waals surface area contributed by atoms with Crippen molar-refractivity contribution < 1.29 is 0 Å². The van der Waals surface area contributed by atoms with Crippen LogP contribution in [0.3, 0.4) is 0 Å². The summed E-state index contributed by atoms with van der Waals surface area (Å²) in [6.45, 7) is 11.0. The van der Waals surface area contributed by atoms with Crippen LogP contribution in [0.25, 0.3) is 11.1 Å². The van der Waals surface area contributed by atoms with Gasteiger partial charge in [-0.1, -0.05) is 0 Å². The Balaban J connectivity index is 1.40. The molecule has 6 N–H and O–H groups in total. The Morgan fingerprint density at radius 2 is 1.00 bits per heavy atom. The summed E-state index contributed by atoms with van der Waals surface area (Å²) >= 11 is 0. The number of hydrogen-bond acceptors (Lipinski definition) is 10. The maximum absolute atomic E-state index is 4.79. The van der Waals surface area contributed by atoms with Crippen LogP contribution >= 0.6 is 0 Å². The Morgan fingerprint density at radius 1 is 0.583 bits per heavy atom. The summed E-state index contributed by atoms with van der Waals surface area (Å²) in [6.07, 6.45) is 4.53. The van der Waals surface area contributed by atoms with Gasteiger partial charge in [0.2, 0.25) is 0 Å². The zero-order valence-corrected chi connectivity index (χ0v) is 20.8. The normalized spacial score (nSPS) is 29.9. The Morgan fingerprint density at radius 3 is 1.36 bits per heavy atom. The third-order valence-corrected chi connectivity index (χ3v) is 7.58. The molecule has 1 aromatic carbocycles. The van der Waals surface area contributed by atoms with Crippen LogP contribution in [0.15, 0.2) is 44.3 Å². The summed E-state index contributed by atoms with van der Waals surface area (Å²) in [5.74, 6) is 3.83. The zero-order chi connectivity index (χ0) is 24.3. The van der Waals surface area contributed by atoms with Crippen molar-refractivity contribution in [3.8, 4) is 0 Å². The van der Waals surface area contributed by atoms with Crippen LogP contribution in [-0.2, 0) is 0 Å². The molecule has 2 unspecified atom stereocenters. The number of anilines is 2. The van der Waals surface area contributed by atoms with E-state index in [1.807, 2.05) is 0 Å². The van der Waals surface area contributed by atoms with Gasteiger partial charge in [-0.15, -0.1) is 0 Å². The predicted octanol–water partition coefficient (Wildman–Crippen LogP) is 0.829. The van der Waals surface area contributed by atoms with E-state index in [-0.39, 0.29) is 0 Å². The predicted molar refractivity (Wildman–Crippen MR) is 148 cm³/mol. The van der Waals surface area contributed by atoms with Crippen molar-refractivity contribution in [1.82, 2.24) is 21.3 Å². The Hall–Kier alpha value is -3.82. The minimum atomic E-state index is -0.452. The molecule has 0 spiro atoms. The molecule has 10 nitrogen and oxygen atoms in total. The third kappa shape index (κ3) is 3.30. The highest BCUT2D eigenvalue weighted by atomic mass is 15.2. The van der Waals surface area contributed by atoms with Gasteiger partial charge in [-0.05, 0) is 38.1 Å². The second-order valence-corrected chi connectivity index (χ2v) is 10.3. The molecule has 0 saturated heterocycles. The van der Waals surface area contributed by atoms with Gasteiger partial charge in [0, 0.05) is 59.8 Å². The monoisotopic (exact) mass is 484 g/mol. The maximum Gasteiger partial charge on any atom is 0.128 e. The maximum atomic E-state index is 4.79. The zero-order valence-electron chi connectivity index (χ0n) is 20.8. The first-order chi connectivity index (χ1) is 17.5. The van der Waals surface area contributed by atoms with Gasteiger partial charge in [-0.2, -0.15) is 0 Å². The van der Waals surface area contributed by atoms with Gasteiger partial charge in [0.25, 0.3) is 0 Å². The fourth-order valence-electron chi connectivity index (χ4n) is 5.91. The molecular weight excluding hydrogens is 452 g/mol. The van der Waals surface area contributed by atoms with Crippen LogP contribution in [0.2, 0.25) is 0 Å². The molecule has 0 amide bonds. The van der Waals surface area contributed by atoms with E-state index in [0.29, 0.717) is 0 Å². The molecule has 6 heterocycles. The highest BCUT2D eigenvalue weighted by Crippen LogP contribution is 2.44. The van der Waals surface area contributed by atoms with Crippen LogP contribution in [-0.4, -0.2) is 86.8 Å². The van der Waals surface area contributed by atoms with Crippen molar-refractivity contribution in [3.63, 3.8) is 0 Å². The first kappa shape index (κ1) is 21.5. The molecule has 0 aliphatic carbocycles. The molecule has 6 aliphatic heterocycles. The summed E-state index contributed by atoms with van der Waals surface area (Å²) in [5, 5.41) is 21.5. The molecule has 1 aromatic rings. The minimum Gasteiger partial charge on any atom is -0.370 e. The summed E-state index contributed by atoms with van der Waals surface area (Å²) < 4.78 is 0. The van der Waals surface area contributed by atoms with Crippen molar-refractivity contribution >= 4 is 45.9 Å². The summed E-state index contributed by atoms with van der Waals surface area (Å²) in [6, 6.07) is 4.51. The van der Waals surface area contributed by atoms with E-state index in [1.165, 1.54) is 0 Å². The fraction of sp³-hybridized carbons (Fsp3) is 0.462. The van der Waals surface area contributed by atoms with E-state index in [0.717, 1.165) is 109 Å². The molecule has 0 radical (unpaired) electrons. The van der Waals surface area contributed by atoms with Crippen molar-refractivity contribution in [1.29, 1.82) is 0 Å². The molecule has 6 aliphatic rings. The number of aliphatic imine (C=N–C) groups is 4. The standard InChI is InChI=1S/C26H32N10/c1-25(23-31-7-8-32-23)13-17(21-27-3-4-28-21)15-12-20-16(11-19(15)35-25)18(22-29-5-6-30-22)14-26(2,36-20)24-33-9-10-34-24/h11-14,35-36H,3-10H2,1-2H3,(H,27,28)(H,29,30)(H,31,32)(H,33,34). The van der Waals surface area contributed by atoms with Crippen LogP contribution in [0.1, 0.15) is 25.0 Å². The fourth-order valence-corrected chi connectivity index (χ4v) is 5.91. The van der Waals surface area contributed by atoms with Gasteiger partial charge in [0.05, 0.1) is 26.2 Å². The molecule has 186 valence electrons. The van der Waals surface area contributed by atoms with Crippen molar-refractivity contribution in [2.45, 2.75) is 24.9 Å². The summed E-state index contributed by atoms with van der Waals surface area (Å²) in [4.78, 5) is 19.1. The van der Waals surface area contributed by atoms with E-state index in [4.69, 9.17) is 20.0 Å². The number of hydrogen-bond donors (Lipinski definition) is 6. The topological polar surface area (TPSA) is 122 Å². The first-order valence-corrected chi connectivity index (χ1v) is 12.9. The number of nitrogens with one attached hydrogen (secondary N) is 6. The van der Waals surface area contributed by atoms with Crippen LogP contribution in [0.4, 0.5) is 11.4 Å². The smallest absolute Gasteiger partial charge is 0.128 e. The number of fused-ring (bicyclic) bond motifs is 2. The highest BCUT2D eigenvalue weighted by molar-refractivity contribution is 6.29. The Bertz CT molecular complexity index is 1230. The lowest BCUT2D eigenvalue weighted by Crippen LogP contribution is -2.50. The third-order valence-electron chi connectivity index (χ3n) is 7.58. The van der Waals surface area contributed by atoms with Gasteiger partial charge in [-0.25, -0.2) is 0 Å². The van der Waals surface area contributed by atoms with Gasteiger partial charge in [0.15, 0.2) is 0 Å². The van der Waals surface area contributed by atoms with Crippen LogP contribution in [0.5, 0.6) is 0 Å². The molecule has 36 heavy (non-hydrogen) atoms. The van der Waals surface area contributed by atoms with Crippen molar-refractivity contribution in [3.05, 3.63) is 35.4 Å². The molecule has 0 saturated carbocycles. The largest absolute Gasteiger partial charge is 0.370 e. The lowest BCUT2D eigenvalue weighted by molar-refractivity contribution is 0.800. The lowest BCUT2D eigenvalue weighted by atomic mass is 9.82. The quantitative estimate of drug-likeness (QED) is 0.377. The Kier molecular flexibility index (Phi) is 4.67. The number of benzene rings is 1. The lowest BCUT2D eigenvalue weighted by Gasteiger charge is -2.39. The van der Waals surface area contributed by atoms with Gasteiger partial charge in [0.1, 0.15) is 34.4 Å². The molecule has 7 rings (SSSR count). The first-order valence-electron chi connectivity index (χ1n) is 12.9. The molecule has 0 bridgehead atoms. The van der Waals surface area contributed by atoms with Gasteiger partial charge in [-0.3, -0.25) is 20.0 Å². The molecule has 0 aromatic heterocycles. The minimum absolute atomic E-state index is 0.452.